The molecule has 0 fully saturated rings. The second-order valence-electron chi connectivity index (χ2n) is 7.03. The van der Waals surface area contributed by atoms with Crippen LogP contribution in [0.3, 0.4) is 0 Å². The summed E-state index contributed by atoms with van der Waals surface area (Å²) in [6, 6.07) is 15.0. The molecule has 0 saturated carbocycles. The highest BCUT2D eigenvalue weighted by atomic mass is 16.5. The maximum atomic E-state index is 13.0. The van der Waals surface area contributed by atoms with Gasteiger partial charge in [0.05, 0.1) is 25.1 Å². The Balaban J connectivity index is 1.76. The number of fused-ring (bicyclic) bond motifs is 2. The van der Waals surface area contributed by atoms with Crippen molar-refractivity contribution in [1.29, 1.82) is 0 Å². The molecule has 0 aliphatic heterocycles. The second-order valence-corrected chi connectivity index (χ2v) is 7.03. The molecule has 2 heterocycles. The van der Waals surface area contributed by atoms with Gasteiger partial charge in [0.1, 0.15) is 11.5 Å². The van der Waals surface area contributed by atoms with Gasteiger partial charge in [-0.05, 0) is 30.7 Å². The van der Waals surface area contributed by atoms with Crippen LogP contribution in [0.15, 0.2) is 48.5 Å². The fraction of sp³-hybridized carbons (Fsp3) is 0.261. The summed E-state index contributed by atoms with van der Waals surface area (Å²) in [7, 11) is 3.10. The largest absolute Gasteiger partial charge is 0.497 e. The topological polar surface area (TPSA) is 78.3 Å². The van der Waals surface area contributed by atoms with Gasteiger partial charge in [-0.2, -0.15) is 5.10 Å². The predicted octanol–water partition coefficient (Wildman–Crippen LogP) is 4.65. The van der Waals surface area contributed by atoms with Crippen LogP contribution in [0.4, 0.5) is 5.82 Å². The minimum atomic E-state index is -0.289. The molecule has 1 N–H and O–H groups in total. The van der Waals surface area contributed by atoms with Crippen LogP contribution < -0.4 is 14.8 Å². The molecule has 1 amide bonds. The molecule has 30 heavy (non-hydrogen) atoms. The summed E-state index contributed by atoms with van der Waals surface area (Å²) in [6.45, 7) is 2.87. The number of hydrogen-bond donors (Lipinski definition) is 1. The van der Waals surface area contributed by atoms with Gasteiger partial charge in [-0.3, -0.25) is 4.79 Å². The van der Waals surface area contributed by atoms with Gasteiger partial charge in [-0.15, -0.1) is 0 Å². The third-order valence-corrected chi connectivity index (χ3v) is 4.99. The number of benzene rings is 2. The van der Waals surface area contributed by atoms with Crippen molar-refractivity contribution in [3.8, 4) is 11.5 Å². The number of anilines is 1. The Labute approximate surface area is 174 Å². The minimum absolute atomic E-state index is 0.289. The first-order chi connectivity index (χ1) is 14.6. The van der Waals surface area contributed by atoms with Gasteiger partial charge in [0.25, 0.3) is 5.91 Å². The number of aryl methyl sites for hydroxylation is 1. The van der Waals surface area contributed by atoms with E-state index in [0.717, 1.165) is 41.3 Å². The molecule has 2 aromatic carbocycles. The van der Waals surface area contributed by atoms with Crippen LogP contribution in [0.5, 0.6) is 11.5 Å². The third-order valence-electron chi connectivity index (χ3n) is 4.99. The van der Waals surface area contributed by atoms with Crippen molar-refractivity contribution in [2.45, 2.75) is 26.3 Å². The number of rotatable bonds is 7. The summed E-state index contributed by atoms with van der Waals surface area (Å²) in [6.07, 6.45) is 2.02. The van der Waals surface area contributed by atoms with E-state index in [1.807, 2.05) is 35.0 Å². The standard InChI is InChI=1S/C23H24N4O3/c1-4-5-10-27-22-19(13-15-8-6-7-9-20(15)24-22)21(26-27)25-23(28)16-11-17(29-2)14-18(12-16)30-3/h6-9,11-14H,4-5,10H2,1-3H3,(H,25,26,28). The molecule has 0 bridgehead atoms. The molecule has 0 unspecified atom stereocenters. The number of nitrogens with one attached hydrogen (secondary N) is 1. The molecule has 0 radical (unpaired) electrons. The summed E-state index contributed by atoms with van der Waals surface area (Å²) in [5, 5.41) is 9.42. The van der Waals surface area contributed by atoms with Crippen molar-refractivity contribution in [3.63, 3.8) is 0 Å². The fourth-order valence-electron chi connectivity index (χ4n) is 3.37. The van der Waals surface area contributed by atoms with Crippen LogP contribution in [0.2, 0.25) is 0 Å². The number of para-hydroxylation sites is 1. The van der Waals surface area contributed by atoms with E-state index >= 15 is 0 Å². The molecule has 4 aromatic rings. The summed E-state index contributed by atoms with van der Waals surface area (Å²) in [4.78, 5) is 17.8. The molecule has 0 aliphatic rings. The summed E-state index contributed by atoms with van der Waals surface area (Å²) in [5.74, 6) is 1.30. The van der Waals surface area contributed by atoms with Crippen LogP contribution in [-0.2, 0) is 6.54 Å². The van der Waals surface area contributed by atoms with Gasteiger partial charge in [0.2, 0.25) is 0 Å². The highest BCUT2D eigenvalue weighted by Crippen LogP contribution is 2.28. The second kappa shape index (κ2) is 8.41. The third kappa shape index (κ3) is 3.78. The first kappa shape index (κ1) is 19.7. The van der Waals surface area contributed by atoms with Gasteiger partial charge in [0, 0.05) is 23.6 Å². The molecular weight excluding hydrogens is 380 g/mol. The summed E-state index contributed by atoms with van der Waals surface area (Å²) in [5.41, 5.74) is 2.09. The van der Waals surface area contributed by atoms with Crippen LogP contribution in [-0.4, -0.2) is 34.9 Å². The van der Waals surface area contributed by atoms with E-state index in [9.17, 15) is 4.79 Å². The molecule has 7 heteroatoms. The normalized spacial score (nSPS) is 11.0. The highest BCUT2D eigenvalue weighted by molar-refractivity contribution is 6.09. The molecule has 0 saturated heterocycles. The number of unbranched alkanes of at least 4 members (excludes halogenated alkanes) is 1. The average molecular weight is 404 g/mol. The van der Waals surface area contributed by atoms with Gasteiger partial charge in [-0.25, -0.2) is 9.67 Å². The van der Waals surface area contributed by atoms with Crippen LogP contribution in [0, 0.1) is 0 Å². The Hall–Kier alpha value is -3.61. The lowest BCUT2D eigenvalue weighted by atomic mass is 10.1. The Bertz CT molecular complexity index is 1190. The lowest BCUT2D eigenvalue weighted by Gasteiger charge is -2.08. The number of nitrogens with zero attached hydrogens (tertiary/aromatic N) is 3. The molecule has 4 rings (SSSR count). The van der Waals surface area contributed by atoms with Crippen molar-refractivity contribution in [2.75, 3.05) is 19.5 Å². The Kier molecular flexibility index (Phi) is 5.52. The first-order valence-corrected chi connectivity index (χ1v) is 9.93. The number of ether oxygens (including phenoxy) is 2. The SMILES string of the molecule is CCCCn1nc(NC(=O)c2cc(OC)cc(OC)c2)c2cc3ccccc3nc21. The molecule has 2 aromatic heterocycles. The van der Waals surface area contributed by atoms with Crippen LogP contribution in [0.1, 0.15) is 30.1 Å². The van der Waals surface area contributed by atoms with Crippen molar-refractivity contribution >= 4 is 33.7 Å². The zero-order valence-electron chi connectivity index (χ0n) is 17.3. The first-order valence-electron chi connectivity index (χ1n) is 9.93. The van der Waals surface area contributed by atoms with Gasteiger partial charge in [-0.1, -0.05) is 31.5 Å². The minimum Gasteiger partial charge on any atom is -0.497 e. The van der Waals surface area contributed by atoms with E-state index in [1.54, 1.807) is 32.4 Å². The van der Waals surface area contributed by atoms with Gasteiger partial charge < -0.3 is 14.8 Å². The Morgan fingerprint density at radius 2 is 1.80 bits per heavy atom. The maximum absolute atomic E-state index is 13.0. The molecular formula is C23H24N4O3. The number of carbonyl (C=O) groups excluding carboxylic acids is 1. The molecule has 0 aliphatic carbocycles. The highest BCUT2D eigenvalue weighted by Gasteiger charge is 2.17. The smallest absolute Gasteiger partial charge is 0.257 e. The molecule has 7 nitrogen and oxygen atoms in total. The van der Waals surface area contributed by atoms with E-state index < -0.39 is 0 Å². The maximum Gasteiger partial charge on any atom is 0.257 e. The van der Waals surface area contributed by atoms with Gasteiger partial charge in [0.15, 0.2) is 11.5 Å². The Morgan fingerprint density at radius 3 is 2.50 bits per heavy atom. The van der Waals surface area contributed by atoms with Crippen molar-refractivity contribution in [1.82, 2.24) is 14.8 Å². The van der Waals surface area contributed by atoms with Crippen molar-refractivity contribution in [3.05, 3.63) is 54.1 Å². The van der Waals surface area contributed by atoms with Crippen LogP contribution in [0.25, 0.3) is 21.9 Å². The fourth-order valence-corrected chi connectivity index (χ4v) is 3.37. The van der Waals surface area contributed by atoms with E-state index in [-0.39, 0.29) is 5.91 Å². The molecule has 0 spiro atoms. The average Bonchev–Trinajstić information content (AvgIpc) is 3.11. The lowest BCUT2D eigenvalue weighted by Crippen LogP contribution is -2.13. The van der Waals surface area contributed by atoms with Crippen molar-refractivity contribution < 1.29 is 14.3 Å². The van der Waals surface area contributed by atoms with E-state index in [1.165, 1.54) is 0 Å². The molecule has 154 valence electrons. The zero-order valence-corrected chi connectivity index (χ0v) is 17.3. The molecule has 0 atom stereocenters. The number of methoxy groups -OCH3 is 2. The number of aromatic nitrogens is 3. The summed E-state index contributed by atoms with van der Waals surface area (Å²) >= 11 is 0. The Morgan fingerprint density at radius 1 is 1.07 bits per heavy atom. The quantitative estimate of drug-likeness (QED) is 0.485. The van der Waals surface area contributed by atoms with E-state index in [0.29, 0.717) is 22.9 Å². The predicted molar refractivity (Wildman–Crippen MR) is 117 cm³/mol. The number of pyridine rings is 1. The summed E-state index contributed by atoms with van der Waals surface area (Å²) < 4.78 is 12.4. The number of amides is 1. The zero-order chi connectivity index (χ0) is 21.1. The van der Waals surface area contributed by atoms with E-state index in [2.05, 4.69) is 17.3 Å². The number of hydrogen-bond acceptors (Lipinski definition) is 5. The lowest BCUT2D eigenvalue weighted by molar-refractivity contribution is 0.102. The van der Waals surface area contributed by atoms with Crippen molar-refractivity contribution in [2.24, 2.45) is 0 Å². The van der Waals surface area contributed by atoms with Crippen LogP contribution >= 0.6 is 0 Å². The van der Waals surface area contributed by atoms with E-state index in [4.69, 9.17) is 14.5 Å². The monoisotopic (exact) mass is 404 g/mol. The number of carbonyl (C=O) groups is 1. The van der Waals surface area contributed by atoms with Gasteiger partial charge >= 0.3 is 0 Å².